The average Bonchev–Trinajstić information content (AvgIpc) is 3.60. The minimum Gasteiger partial charge on any atom is -0.506 e. The highest BCUT2D eigenvalue weighted by Crippen LogP contribution is 2.32. The monoisotopic (exact) mass is 668 g/mol. The Bertz CT molecular complexity index is 1840. The van der Waals surface area contributed by atoms with Crippen molar-refractivity contribution in [2.45, 2.75) is 57.3 Å². The Labute approximate surface area is 274 Å². The second-order valence-corrected chi connectivity index (χ2v) is 13.6. The maximum Gasteiger partial charge on any atom is 0.305 e. The van der Waals surface area contributed by atoms with E-state index < -0.39 is 6.10 Å². The number of aromatic amines is 3. The number of ether oxygens (including phenoxy) is 1. The molecule has 0 unspecified atom stereocenters. The number of amides is 1. The second-order valence-electron chi connectivity index (χ2n) is 12.6. The highest BCUT2D eigenvalue weighted by Gasteiger charge is 2.40. The number of morpholine rings is 1. The summed E-state index contributed by atoms with van der Waals surface area (Å²) in [7, 11) is 0. The zero-order valence-electron chi connectivity index (χ0n) is 26.4. The molecule has 2 saturated heterocycles. The van der Waals surface area contributed by atoms with Crippen LogP contribution in [0.2, 0.25) is 0 Å². The van der Waals surface area contributed by atoms with E-state index in [2.05, 4.69) is 25.4 Å². The second kappa shape index (κ2) is 14.1. The highest BCUT2D eigenvalue weighted by atomic mass is 32.1. The van der Waals surface area contributed by atoms with Crippen LogP contribution < -0.4 is 15.7 Å². The number of rotatable bonds is 11. The number of aromatic hydroxyl groups is 1. The molecule has 252 valence electrons. The molecule has 0 saturated carbocycles. The largest absolute Gasteiger partial charge is 0.506 e. The number of carbonyl (C=O) groups excluding carboxylic acids is 1. The number of hydrogen-bond donors (Lipinski definition) is 6. The van der Waals surface area contributed by atoms with Crippen LogP contribution in [0.3, 0.4) is 0 Å². The molecular formula is C33H41FN6O6S. The number of carbonyl (C=O) groups is 1. The molecule has 2 aliphatic heterocycles. The van der Waals surface area contributed by atoms with E-state index >= 15 is 0 Å². The molecular weight excluding hydrogens is 627 g/mol. The van der Waals surface area contributed by atoms with Gasteiger partial charge in [-0.1, -0.05) is 23.5 Å². The van der Waals surface area contributed by atoms with Crippen molar-refractivity contribution >= 4 is 27.5 Å². The Morgan fingerprint density at radius 3 is 2.68 bits per heavy atom. The first-order valence-electron chi connectivity index (χ1n) is 16.0. The number of aliphatic hydroxyl groups excluding tert-OH is 1. The van der Waals surface area contributed by atoms with Crippen LogP contribution in [0.4, 0.5) is 4.39 Å². The van der Waals surface area contributed by atoms with Gasteiger partial charge in [-0.3, -0.25) is 24.4 Å². The lowest BCUT2D eigenvalue weighted by atomic mass is 9.89. The molecule has 2 fully saturated rings. The summed E-state index contributed by atoms with van der Waals surface area (Å²) in [6.45, 7) is 6.29. The Balaban J connectivity index is 0.969. The molecule has 4 aromatic rings. The number of nitrogens with one attached hydrogen (secondary N) is 4. The number of halogens is 1. The number of likely N-dealkylation sites (tertiary alicyclic amines) is 1. The van der Waals surface area contributed by atoms with Gasteiger partial charge in [-0.05, 0) is 68.5 Å². The van der Waals surface area contributed by atoms with Gasteiger partial charge >= 0.3 is 4.87 Å². The first kappa shape index (κ1) is 33.1. The zero-order valence-corrected chi connectivity index (χ0v) is 27.2. The Morgan fingerprint density at radius 1 is 1.13 bits per heavy atom. The van der Waals surface area contributed by atoms with Crippen molar-refractivity contribution < 1.29 is 24.1 Å². The van der Waals surface area contributed by atoms with Gasteiger partial charge in [-0.2, -0.15) is 0 Å². The van der Waals surface area contributed by atoms with Gasteiger partial charge in [-0.25, -0.2) is 4.39 Å². The predicted octanol–water partition coefficient (Wildman–Crippen LogP) is 2.45. The maximum atomic E-state index is 14.6. The van der Waals surface area contributed by atoms with Crippen molar-refractivity contribution in [2.75, 3.05) is 45.9 Å². The SMILES string of the molecule is Cc1[nH][nH]c(=O)c1CCC(=O)N1CCOC2(CCN(Cc3cc(F)cc(CCNC[C@H](O)c4ccc(O)c5[nH]c(=O)sc45)c3)CC2)C1. The van der Waals surface area contributed by atoms with Crippen molar-refractivity contribution in [2.24, 2.45) is 0 Å². The van der Waals surface area contributed by atoms with Gasteiger partial charge in [-0.15, -0.1) is 0 Å². The van der Waals surface area contributed by atoms with Gasteiger partial charge < -0.3 is 35.2 Å². The fourth-order valence-corrected chi connectivity index (χ4v) is 7.65. The van der Waals surface area contributed by atoms with E-state index in [0.717, 1.165) is 54.1 Å². The molecule has 0 aliphatic carbocycles. The van der Waals surface area contributed by atoms with Crippen molar-refractivity contribution in [1.29, 1.82) is 0 Å². The lowest BCUT2D eigenvalue weighted by Gasteiger charge is -2.47. The van der Waals surface area contributed by atoms with Crippen LogP contribution in [0.1, 0.15) is 53.3 Å². The molecule has 0 bridgehead atoms. The Kier molecular flexibility index (Phi) is 9.94. The number of nitrogens with zero attached hydrogens (tertiary/aromatic N) is 2. The molecule has 2 aromatic heterocycles. The Morgan fingerprint density at radius 2 is 1.91 bits per heavy atom. The van der Waals surface area contributed by atoms with Crippen molar-refractivity contribution in [3.8, 4) is 5.75 Å². The summed E-state index contributed by atoms with van der Waals surface area (Å²) in [6.07, 6.45) is 1.91. The fourth-order valence-electron chi connectivity index (χ4n) is 6.74. The fraction of sp³-hybridized carbons (Fsp3) is 0.485. The van der Waals surface area contributed by atoms with E-state index in [4.69, 9.17) is 4.74 Å². The van der Waals surface area contributed by atoms with Crippen LogP contribution in [0.5, 0.6) is 5.75 Å². The van der Waals surface area contributed by atoms with E-state index in [9.17, 15) is 29.0 Å². The summed E-state index contributed by atoms with van der Waals surface area (Å²) in [6, 6.07) is 8.18. The third-order valence-electron chi connectivity index (χ3n) is 9.35. The van der Waals surface area contributed by atoms with Gasteiger partial charge in [0.25, 0.3) is 5.56 Å². The summed E-state index contributed by atoms with van der Waals surface area (Å²) in [5.41, 5.74) is 3.45. The summed E-state index contributed by atoms with van der Waals surface area (Å²) in [4.78, 5) is 43.2. The minimum atomic E-state index is -0.882. The maximum absolute atomic E-state index is 14.6. The molecule has 47 heavy (non-hydrogen) atoms. The van der Waals surface area contributed by atoms with Gasteiger partial charge in [0.2, 0.25) is 5.91 Å². The van der Waals surface area contributed by atoms with Gasteiger partial charge in [0.1, 0.15) is 17.1 Å². The van der Waals surface area contributed by atoms with Gasteiger partial charge in [0.15, 0.2) is 0 Å². The van der Waals surface area contributed by atoms with Crippen LogP contribution in [0.15, 0.2) is 39.9 Å². The number of phenolic OH excluding ortho intramolecular Hbond substituents is 1. The molecule has 1 spiro atoms. The number of phenols is 1. The molecule has 6 rings (SSSR count). The standard InChI is InChI=1S/C33H41FN6O6S/c1-20-24(31(44)38-37-20)3-5-28(43)40-12-13-46-33(19-40)7-10-39(11-8-33)18-22-14-21(15-23(34)16-22)6-9-35-17-27(42)25-2-4-26(41)29-30(25)47-32(45)36-29/h2,4,14-16,27,35,41-42H,3,5-13,17-19H2,1H3,(H,36,45)(H2,37,38,44)/t27-/m0/s1. The van der Waals surface area contributed by atoms with E-state index in [1.54, 1.807) is 12.1 Å². The average molecular weight is 669 g/mol. The topological polar surface area (TPSA) is 167 Å². The number of aryl methyl sites for hydroxylation is 1. The number of aliphatic hydroxyl groups is 1. The third-order valence-corrected chi connectivity index (χ3v) is 10.3. The van der Waals surface area contributed by atoms with E-state index in [1.807, 2.05) is 17.9 Å². The molecule has 2 aromatic carbocycles. The smallest absolute Gasteiger partial charge is 0.305 e. The molecule has 0 radical (unpaired) electrons. The third kappa shape index (κ3) is 7.68. The van der Waals surface area contributed by atoms with E-state index in [-0.39, 0.29) is 46.5 Å². The number of hydrogen-bond acceptors (Lipinski definition) is 9. The quantitative estimate of drug-likeness (QED) is 0.133. The molecule has 2 aliphatic rings. The van der Waals surface area contributed by atoms with Gasteiger partial charge in [0.05, 0.1) is 23.0 Å². The number of piperidine rings is 1. The number of benzene rings is 2. The van der Waals surface area contributed by atoms with E-state index in [1.165, 1.54) is 12.1 Å². The molecule has 4 heterocycles. The Hall–Kier alpha value is -3.82. The van der Waals surface area contributed by atoms with Crippen molar-refractivity contribution in [1.82, 2.24) is 30.3 Å². The summed E-state index contributed by atoms with van der Waals surface area (Å²) in [5.74, 6) is -0.298. The number of H-pyrrole nitrogens is 3. The van der Waals surface area contributed by atoms with E-state index in [0.29, 0.717) is 67.0 Å². The lowest BCUT2D eigenvalue weighted by Crippen LogP contribution is -2.58. The number of thiazole rings is 1. The van der Waals surface area contributed by atoms with Crippen LogP contribution in [0.25, 0.3) is 10.2 Å². The number of fused-ring (bicyclic) bond motifs is 1. The minimum absolute atomic E-state index is 0.0306. The van der Waals surface area contributed by atoms with Gasteiger partial charge in [0, 0.05) is 62.5 Å². The molecule has 6 N–H and O–H groups in total. The highest BCUT2D eigenvalue weighted by molar-refractivity contribution is 7.16. The zero-order chi connectivity index (χ0) is 33.1. The first-order chi connectivity index (χ1) is 22.6. The van der Waals surface area contributed by atoms with Crippen LogP contribution >= 0.6 is 11.3 Å². The number of aromatic nitrogens is 3. The van der Waals surface area contributed by atoms with Crippen LogP contribution in [0, 0.1) is 12.7 Å². The molecule has 14 heteroatoms. The normalized spacial score (nSPS) is 17.5. The predicted molar refractivity (Wildman–Crippen MR) is 176 cm³/mol. The molecule has 1 atom stereocenters. The first-order valence-corrected chi connectivity index (χ1v) is 16.8. The van der Waals surface area contributed by atoms with Crippen LogP contribution in [-0.2, 0) is 28.9 Å². The summed E-state index contributed by atoms with van der Waals surface area (Å²) < 4.78 is 21.4. The molecule has 1 amide bonds. The van der Waals surface area contributed by atoms with Crippen LogP contribution in [-0.4, -0.2) is 92.6 Å². The lowest BCUT2D eigenvalue weighted by molar-refractivity contribution is -0.159. The van der Waals surface area contributed by atoms with Crippen molar-refractivity contribution in [3.63, 3.8) is 0 Å². The van der Waals surface area contributed by atoms with Crippen molar-refractivity contribution in [3.05, 3.63) is 84.1 Å². The summed E-state index contributed by atoms with van der Waals surface area (Å²) in [5, 5.41) is 29.3. The summed E-state index contributed by atoms with van der Waals surface area (Å²) >= 11 is 0.946. The molecule has 12 nitrogen and oxygen atoms in total.